The highest BCUT2D eigenvalue weighted by molar-refractivity contribution is 7.07. The van der Waals surface area contributed by atoms with Gasteiger partial charge < -0.3 is 9.47 Å². The van der Waals surface area contributed by atoms with Gasteiger partial charge in [0.2, 0.25) is 0 Å². The Kier molecular flexibility index (Phi) is 5.08. The summed E-state index contributed by atoms with van der Waals surface area (Å²) < 4.78 is 12.0. The molecule has 0 aromatic carbocycles. The lowest BCUT2D eigenvalue weighted by Crippen LogP contribution is -2.58. The van der Waals surface area contributed by atoms with Gasteiger partial charge in [-0.15, -0.1) is 6.58 Å². The Morgan fingerprint density at radius 3 is 2.95 bits per heavy atom. The first-order valence-electron chi connectivity index (χ1n) is 7.58. The zero-order valence-electron chi connectivity index (χ0n) is 12.5. The summed E-state index contributed by atoms with van der Waals surface area (Å²) in [4.78, 5) is 4.88. The van der Waals surface area contributed by atoms with E-state index in [0.717, 1.165) is 52.5 Å². The summed E-state index contributed by atoms with van der Waals surface area (Å²) in [6.45, 7) is 11.9. The zero-order valence-corrected chi connectivity index (χ0v) is 13.3. The molecule has 116 valence electrons. The topological polar surface area (TPSA) is 24.9 Å². The van der Waals surface area contributed by atoms with Gasteiger partial charge in [-0.3, -0.25) is 9.80 Å². The summed E-state index contributed by atoms with van der Waals surface area (Å²) in [7, 11) is 0. The quantitative estimate of drug-likeness (QED) is 0.793. The third-order valence-electron chi connectivity index (χ3n) is 4.13. The van der Waals surface area contributed by atoms with Gasteiger partial charge in [-0.2, -0.15) is 11.3 Å². The van der Waals surface area contributed by atoms with Crippen molar-refractivity contribution in [3.05, 3.63) is 35.0 Å². The van der Waals surface area contributed by atoms with Gasteiger partial charge in [-0.1, -0.05) is 6.08 Å². The van der Waals surface area contributed by atoms with E-state index >= 15 is 0 Å². The molecule has 0 radical (unpaired) electrons. The van der Waals surface area contributed by atoms with Crippen molar-refractivity contribution in [3.8, 4) is 0 Å². The molecular weight excluding hydrogens is 284 g/mol. The predicted molar refractivity (Wildman–Crippen MR) is 85.7 cm³/mol. The smallest absolute Gasteiger partial charge is 0.117 e. The minimum absolute atomic E-state index is 0.187. The van der Waals surface area contributed by atoms with Gasteiger partial charge in [0.25, 0.3) is 0 Å². The van der Waals surface area contributed by atoms with E-state index in [0.29, 0.717) is 6.61 Å². The van der Waals surface area contributed by atoms with Gasteiger partial charge in [0.05, 0.1) is 19.8 Å². The Hall–Kier alpha value is -0.720. The van der Waals surface area contributed by atoms with E-state index in [1.54, 1.807) is 11.3 Å². The first kappa shape index (κ1) is 15.2. The van der Waals surface area contributed by atoms with E-state index in [1.807, 2.05) is 6.08 Å². The van der Waals surface area contributed by atoms with Crippen LogP contribution in [0.2, 0.25) is 0 Å². The van der Waals surface area contributed by atoms with E-state index < -0.39 is 0 Å². The van der Waals surface area contributed by atoms with Crippen LogP contribution in [0.25, 0.3) is 0 Å². The van der Waals surface area contributed by atoms with Crippen molar-refractivity contribution >= 4 is 11.3 Å². The minimum Gasteiger partial charge on any atom is -0.377 e. The Morgan fingerprint density at radius 1 is 1.29 bits per heavy atom. The van der Waals surface area contributed by atoms with E-state index in [9.17, 15) is 0 Å². The number of rotatable bonds is 4. The Bertz CT molecular complexity index is 451. The van der Waals surface area contributed by atoms with E-state index in [2.05, 4.69) is 33.2 Å². The molecule has 4 nitrogen and oxygen atoms in total. The largest absolute Gasteiger partial charge is 0.377 e. The van der Waals surface area contributed by atoms with Gasteiger partial charge in [0.1, 0.15) is 5.60 Å². The third kappa shape index (κ3) is 3.93. The van der Waals surface area contributed by atoms with Crippen LogP contribution in [-0.2, 0) is 16.0 Å². The van der Waals surface area contributed by atoms with Gasteiger partial charge in [-0.25, -0.2) is 0 Å². The molecule has 5 heteroatoms. The fourth-order valence-corrected chi connectivity index (χ4v) is 3.86. The number of morpholine rings is 1. The predicted octanol–water partition coefficient (Wildman–Crippen LogP) is 1.84. The zero-order chi connectivity index (χ0) is 14.5. The van der Waals surface area contributed by atoms with Crippen LogP contribution in [0.5, 0.6) is 0 Å². The molecule has 3 heterocycles. The number of thiophene rings is 1. The second-order valence-electron chi connectivity index (χ2n) is 5.95. The van der Waals surface area contributed by atoms with E-state index in [4.69, 9.17) is 9.47 Å². The molecule has 0 amide bonds. The van der Waals surface area contributed by atoms with E-state index in [-0.39, 0.29) is 5.60 Å². The molecule has 2 aliphatic rings. The SMILES string of the molecule is C=CCN1CCOC[C@@]2(C1)CN(Cc1ccsc1)CCO2. The molecule has 1 atom stereocenters. The van der Waals surface area contributed by atoms with E-state index in [1.165, 1.54) is 5.56 Å². The highest BCUT2D eigenvalue weighted by atomic mass is 32.1. The maximum atomic E-state index is 6.17. The molecule has 2 saturated heterocycles. The molecule has 0 aliphatic carbocycles. The number of hydrogen-bond donors (Lipinski definition) is 0. The summed E-state index contributed by atoms with van der Waals surface area (Å²) in [6.07, 6.45) is 1.96. The van der Waals surface area contributed by atoms with Crippen LogP contribution >= 0.6 is 11.3 Å². The fraction of sp³-hybridized carbons (Fsp3) is 0.625. The molecule has 0 saturated carbocycles. The van der Waals surface area contributed by atoms with Crippen LogP contribution in [0.4, 0.5) is 0 Å². The lowest BCUT2D eigenvalue weighted by atomic mass is 10.0. The molecule has 2 fully saturated rings. The maximum absolute atomic E-state index is 6.17. The van der Waals surface area contributed by atoms with Crippen LogP contribution in [0, 0.1) is 0 Å². The minimum atomic E-state index is -0.187. The highest BCUT2D eigenvalue weighted by Gasteiger charge is 2.39. The van der Waals surface area contributed by atoms with Gasteiger partial charge in [-0.05, 0) is 22.4 Å². The lowest BCUT2D eigenvalue weighted by molar-refractivity contribution is -0.142. The molecule has 0 N–H and O–H groups in total. The Labute approximate surface area is 130 Å². The van der Waals surface area contributed by atoms with Crippen LogP contribution < -0.4 is 0 Å². The normalized spacial score (nSPS) is 28.6. The summed E-state index contributed by atoms with van der Waals surface area (Å²) in [5.41, 5.74) is 1.21. The number of nitrogens with zero attached hydrogens (tertiary/aromatic N) is 2. The van der Waals surface area contributed by atoms with Gasteiger partial charge in [0.15, 0.2) is 0 Å². The first-order chi connectivity index (χ1) is 10.3. The van der Waals surface area contributed by atoms with Crippen molar-refractivity contribution in [1.82, 2.24) is 9.80 Å². The molecule has 2 aliphatic heterocycles. The summed E-state index contributed by atoms with van der Waals surface area (Å²) in [5, 5.41) is 4.38. The van der Waals surface area contributed by atoms with Crippen molar-refractivity contribution in [1.29, 1.82) is 0 Å². The van der Waals surface area contributed by atoms with Crippen LogP contribution in [0.1, 0.15) is 5.56 Å². The fourth-order valence-electron chi connectivity index (χ4n) is 3.20. The maximum Gasteiger partial charge on any atom is 0.117 e. The van der Waals surface area contributed by atoms with Crippen LogP contribution in [0.3, 0.4) is 0 Å². The lowest BCUT2D eigenvalue weighted by Gasteiger charge is -2.43. The summed E-state index contributed by atoms with van der Waals surface area (Å²) in [6, 6.07) is 2.21. The van der Waals surface area contributed by atoms with Crippen molar-refractivity contribution in [2.75, 3.05) is 52.5 Å². The molecule has 0 unspecified atom stereocenters. The first-order valence-corrected chi connectivity index (χ1v) is 8.52. The van der Waals surface area contributed by atoms with Crippen LogP contribution in [-0.4, -0.2) is 67.9 Å². The molecule has 21 heavy (non-hydrogen) atoms. The van der Waals surface area contributed by atoms with Crippen molar-refractivity contribution in [2.45, 2.75) is 12.1 Å². The Balaban J connectivity index is 1.66. The molecule has 1 aromatic rings. The van der Waals surface area contributed by atoms with Crippen molar-refractivity contribution in [2.24, 2.45) is 0 Å². The van der Waals surface area contributed by atoms with Crippen molar-refractivity contribution < 1.29 is 9.47 Å². The average molecular weight is 308 g/mol. The van der Waals surface area contributed by atoms with Crippen LogP contribution in [0.15, 0.2) is 29.5 Å². The Morgan fingerprint density at radius 2 is 2.14 bits per heavy atom. The monoisotopic (exact) mass is 308 g/mol. The third-order valence-corrected chi connectivity index (χ3v) is 4.86. The second kappa shape index (κ2) is 7.03. The molecule has 3 rings (SSSR count). The van der Waals surface area contributed by atoms with Crippen molar-refractivity contribution in [3.63, 3.8) is 0 Å². The molecule has 1 spiro atoms. The number of hydrogen-bond acceptors (Lipinski definition) is 5. The summed E-state index contributed by atoms with van der Waals surface area (Å²) >= 11 is 1.76. The standard InChI is InChI=1S/C16H24N2O2S/c1-2-4-17-5-7-19-14-16(12-17)13-18(6-8-20-16)10-15-3-9-21-11-15/h2-3,9,11H,1,4-8,10,12-14H2/t16-/m1/s1. The van der Waals surface area contributed by atoms with Gasteiger partial charge in [0, 0.05) is 39.3 Å². The number of ether oxygens (including phenoxy) is 2. The molecular formula is C16H24N2O2S. The highest BCUT2D eigenvalue weighted by Crippen LogP contribution is 2.24. The second-order valence-corrected chi connectivity index (χ2v) is 6.73. The summed E-state index contributed by atoms with van der Waals surface area (Å²) in [5.74, 6) is 0. The molecule has 0 bridgehead atoms. The van der Waals surface area contributed by atoms with Gasteiger partial charge >= 0.3 is 0 Å². The average Bonchev–Trinajstić information content (AvgIpc) is 2.90. The molecule has 1 aromatic heterocycles.